The molecule has 0 atom stereocenters. The van der Waals surface area contributed by atoms with Crippen molar-refractivity contribution in [3.63, 3.8) is 0 Å². The van der Waals surface area contributed by atoms with Crippen LogP contribution in [0.25, 0.3) is 0 Å². The van der Waals surface area contributed by atoms with Gasteiger partial charge < -0.3 is 10.5 Å². The molecule has 2 N–H and O–H groups in total. The van der Waals surface area contributed by atoms with Crippen molar-refractivity contribution < 1.29 is 9.13 Å². The van der Waals surface area contributed by atoms with Crippen molar-refractivity contribution in [2.45, 2.75) is 6.54 Å². The zero-order valence-corrected chi connectivity index (χ0v) is 9.41. The van der Waals surface area contributed by atoms with E-state index in [2.05, 4.69) is 15.9 Å². The third kappa shape index (κ3) is 2.83. The molecule has 0 saturated heterocycles. The van der Waals surface area contributed by atoms with Crippen LogP contribution in [0.1, 0.15) is 5.56 Å². The van der Waals surface area contributed by atoms with Gasteiger partial charge in [0.1, 0.15) is 0 Å². The van der Waals surface area contributed by atoms with E-state index in [4.69, 9.17) is 10.5 Å². The Morgan fingerprint density at radius 3 is 2.62 bits per heavy atom. The summed E-state index contributed by atoms with van der Waals surface area (Å²) in [5, 5.41) is 0. The smallest absolute Gasteiger partial charge is 0.165 e. The van der Waals surface area contributed by atoms with Gasteiger partial charge in [0.2, 0.25) is 0 Å². The van der Waals surface area contributed by atoms with E-state index in [1.54, 1.807) is 6.07 Å². The number of benzene rings is 1. The van der Waals surface area contributed by atoms with Crippen LogP contribution >= 0.6 is 28.3 Å². The second-order valence-corrected chi connectivity index (χ2v) is 3.14. The molecule has 0 aliphatic carbocycles. The summed E-state index contributed by atoms with van der Waals surface area (Å²) in [7, 11) is 1.42. The largest absolute Gasteiger partial charge is 0.494 e. The first-order valence-electron chi connectivity index (χ1n) is 3.41. The Bertz CT molecular complexity index is 266. The van der Waals surface area contributed by atoms with Gasteiger partial charge in [-0.15, -0.1) is 12.4 Å². The van der Waals surface area contributed by atoms with Gasteiger partial charge in [0.25, 0.3) is 0 Å². The fraction of sp³-hybridized carbons (Fsp3) is 0.250. The van der Waals surface area contributed by atoms with Gasteiger partial charge in [-0.25, -0.2) is 4.39 Å². The Morgan fingerprint density at radius 2 is 2.15 bits per heavy atom. The number of halogens is 3. The predicted octanol–water partition coefficient (Wildman–Crippen LogP) is 2.48. The van der Waals surface area contributed by atoms with Crippen molar-refractivity contribution in [3.8, 4) is 5.75 Å². The molecule has 0 bridgehead atoms. The molecule has 74 valence electrons. The minimum absolute atomic E-state index is 0. The van der Waals surface area contributed by atoms with Crippen molar-refractivity contribution in [3.05, 3.63) is 28.0 Å². The normalized spacial score (nSPS) is 9.23. The Labute approximate surface area is 90.8 Å². The van der Waals surface area contributed by atoms with Crippen molar-refractivity contribution in [2.24, 2.45) is 5.73 Å². The molecule has 0 radical (unpaired) electrons. The van der Waals surface area contributed by atoms with Crippen molar-refractivity contribution in [1.29, 1.82) is 0 Å². The molecule has 0 unspecified atom stereocenters. The molecule has 0 amide bonds. The molecule has 0 fully saturated rings. The van der Waals surface area contributed by atoms with Crippen molar-refractivity contribution in [2.75, 3.05) is 7.11 Å². The SMILES string of the molecule is COc1cc(Br)c(CN)cc1F.Cl. The Hall–Kier alpha value is -0.320. The fourth-order valence-corrected chi connectivity index (χ4v) is 1.37. The van der Waals surface area contributed by atoms with E-state index in [-0.39, 0.29) is 24.0 Å². The monoisotopic (exact) mass is 269 g/mol. The maximum absolute atomic E-state index is 13.0. The summed E-state index contributed by atoms with van der Waals surface area (Å²) < 4.78 is 18.6. The van der Waals surface area contributed by atoms with Gasteiger partial charge in [-0.1, -0.05) is 15.9 Å². The Balaban J connectivity index is 0.00000144. The molecule has 0 aromatic heterocycles. The molecule has 1 aromatic rings. The van der Waals surface area contributed by atoms with E-state index in [0.29, 0.717) is 6.54 Å². The number of nitrogens with two attached hydrogens (primary N) is 1. The van der Waals surface area contributed by atoms with E-state index in [9.17, 15) is 4.39 Å². The second kappa shape index (κ2) is 5.42. The molecule has 2 nitrogen and oxygen atoms in total. The molecule has 0 aliphatic rings. The Kier molecular flexibility index (Phi) is 5.29. The highest BCUT2D eigenvalue weighted by molar-refractivity contribution is 9.10. The minimum atomic E-state index is -0.388. The summed E-state index contributed by atoms with van der Waals surface area (Å²) >= 11 is 3.26. The summed E-state index contributed by atoms with van der Waals surface area (Å²) in [4.78, 5) is 0. The van der Waals surface area contributed by atoms with Gasteiger partial charge in [-0.2, -0.15) is 0 Å². The van der Waals surface area contributed by atoms with Crippen LogP contribution in [0, 0.1) is 5.82 Å². The van der Waals surface area contributed by atoms with Gasteiger partial charge in [-0.3, -0.25) is 0 Å². The van der Waals surface area contributed by atoms with Gasteiger partial charge in [-0.05, 0) is 17.7 Å². The standard InChI is InChI=1S/C8H9BrFNO.ClH/c1-12-8-3-6(9)5(4-11)2-7(8)10;/h2-3H,4,11H2,1H3;1H. The maximum atomic E-state index is 13.0. The first-order chi connectivity index (χ1) is 5.69. The first kappa shape index (κ1) is 12.7. The van der Waals surface area contributed by atoms with Crippen LogP contribution in [-0.4, -0.2) is 7.11 Å². The molecule has 0 aliphatic heterocycles. The lowest BCUT2D eigenvalue weighted by atomic mass is 10.2. The average molecular weight is 271 g/mol. The predicted molar refractivity (Wildman–Crippen MR) is 55.8 cm³/mol. The average Bonchev–Trinajstić information content (AvgIpc) is 2.08. The van der Waals surface area contributed by atoms with E-state index in [1.165, 1.54) is 13.2 Å². The number of methoxy groups -OCH3 is 1. The number of rotatable bonds is 2. The quantitative estimate of drug-likeness (QED) is 0.896. The summed E-state index contributed by atoms with van der Waals surface area (Å²) in [6, 6.07) is 2.93. The van der Waals surface area contributed by atoms with Gasteiger partial charge in [0.15, 0.2) is 11.6 Å². The molecule has 0 heterocycles. The minimum Gasteiger partial charge on any atom is -0.494 e. The molecule has 1 rings (SSSR count). The van der Waals surface area contributed by atoms with Gasteiger partial charge in [0, 0.05) is 11.0 Å². The second-order valence-electron chi connectivity index (χ2n) is 2.28. The first-order valence-corrected chi connectivity index (χ1v) is 4.20. The van der Waals surface area contributed by atoms with Gasteiger partial charge >= 0.3 is 0 Å². The summed E-state index contributed by atoms with van der Waals surface area (Å²) in [6.07, 6.45) is 0. The zero-order valence-electron chi connectivity index (χ0n) is 7.01. The fourth-order valence-electron chi connectivity index (χ4n) is 0.883. The van der Waals surface area contributed by atoms with Crippen LogP contribution in [0.4, 0.5) is 4.39 Å². The van der Waals surface area contributed by atoms with Crippen molar-refractivity contribution >= 4 is 28.3 Å². The molecule has 0 saturated carbocycles. The molecule has 5 heteroatoms. The van der Waals surface area contributed by atoms with E-state index in [0.717, 1.165) is 10.0 Å². The third-order valence-corrected chi connectivity index (χ3v) is 2.28. The molecule has 13 heavy (non-hydrogen) atoms. The van der Waals surface area contributed by atoms with Crippen LogP contribution < -0.4 is 10.5 Å². The van der Waals surface area contributed by atoms with E-state index < -0.39 is 0 Å². The molecule has 1 aromatic carbocycles. The third-order valence-electron chi connectivity index (χ3n) is 1.54. The summed E-state index contributed by atoms with van der Waals surface area (Å²) in [6.45, 7) is 0.307. The van der Waals surface area contributed by atoms with Crippen LogP contribution in [0.3, 0.4) is 0 Å². The lowest BCUT2D eigenvalue weighted by Crippen LogP contribution is -1.99. The van der Waals surface area contributed by atoms with Crippen molar-refractivity contribution in [1.82, 2.24) is 0 Å². The highest BCUT2D eigenvalue weighted by atomic mass is 79.9. The van der Waals surface area contributed by atoms with E-state index >= 15 is 0 Å². The lowest BCUT2D eigenvalue weighted by Gasteiger charge is -2.05. The van der Waals surface area contributed by atoms with Crippen LogP contribution in [0.15, 0.2) is 16.6 Å². The van der Waals surface area contributed by atoms with E-state index in [1.807, 2.05) is 0 Å². The number of hydrogen-bond donors (Lipinski definition) is 1. The number of hydrogen-bond acceptors (Lipinski definition) is 2. The Morgan fingerprint density at radius 1 is 1.54 bits per heavy atom. The van der Waals surface area contributed by atoms with Gasteiger partial charge in [0.05, 0.1) is 7.11 Å². The van der Waals surface area contributed by atoms with Crippen LogP contribution in [0.2, 0.25) is 0 Å². The van der Waals surface area contributed by atoms with Crippen LogP contribution in [0.5, 0.6) is 5.75 Å². The van der Waals surface area contributed by atoms with Crippen LogP contribution in [-0.2, 0) is 6.54 Å². The highest BCUT2D eigenvalue weighted by Crippen LogP contribution is 2.25. The summed E-state index contributed by atoms with van der Waals surface area (Å²) in [5.74, 6) is -0.166. The molecular weight excluding hydrogens is 260 g/mol. The summed E-state index contributed by atoms with van der Waals surface area (Å²) in [5.41, 5.74) is 6.10. The highest BCUT2D eigenvalue weighted by Gasteiger charge is 2.06. The number of ether oxygens (including phenoxy) is 1. The topological polar surface area (TPSA) is 35.2 Å². The maximum Gasteiger partial charge on any atom is 0.165 e. The zero-order chi connectivity index (χ0) is 9.14. The lowest BCUT2D eigenvalue weighted by molar-refractivity contribution is 0.386. The molecular formula is C8H10BrClFNO. The molecule has 0 spiro atoms.